The zero-order chi connectivity index (χ0) is 20.6. The van der Waals surface area contributed by atoms with Crippen molar-refractivity contribution in [2.75, 3.05) is 6.54 Å². The minimum Gasteiger partial charge on any atom is -0.481 e. The smallest absolute Gasteiger partial charge is 0.307 e. The van der Waals surface area contributed by atoms with Crippen molar-refractivity contribution in [3.63, 3.8) is 0 Å². The van der Waals surface area contributed by atoms with Crippen LogP contribution >= 0.6 is 11.6 Å². The lowest BCUT2D eigenvalue weighted by Gasteiger charge is -2.08. The van der Waals surface area contributed by atoms with Crippen LogP contribution in [0.25, 0.3) is 0 Å². The van der Waals surface area contributed by atoms with Crippen molar-refractivity contribution in [2.24, 2.45) is 0 Å². The molecule has 3 aromatic rings. The van der Waals surface area contributed by atoms with E-state index in [0.717, 1.165) is 12.0 Å². The summed E-state index contributed by atoms with van der Waals surface area (Å²) >= 11 is 5.86. The molecule has 0 bridgehead atoms. The van der Waals surface area contributed by atoms with E-state index in [1.807, 2.05) is 24.3 Å². The van der Waals surface area contributed by atoms with Crippen LogP contribution in [0.1, 0.15) is 21.5 Å². The fraction of sp³-hybridized carbons (Fsp3) is 0.130. The van der Waals surface area contributed by atoms with Crippen molar-refractivity contribution in [1.29, 1.82) is 0 Å². The van der Waals surface area contributed by atoms with Gasteiger partial charge in [0.15, 0.2) is 0 Å². The van der Waals surface area contributed by atoms with Gasteiger partial charge >= 0.3 is 5.97 Å². The van der Waals surface area contributed by atoms with Crippen LogP contribution < -0.4 is 10.1 Å². The Hall–Kier alpha value is -3.31. The number of carboxylic acids is 1. The summed E-state index contributed by atoms with van der Waals surface area (Å²) in [4.78, 5) is 23.0. The first-order valence-corrected chi connectivity index (χ1v) is 9.49. The average Bonchev–Trinajstić information content (AvgIpc) is 2.71. The van der Waals surface area contributed by atoms with Crippen LogP contribution in [0.5, 0.6) is 11.5 Å². The molecule has 0 aliphatic heterocycles. The van der Waals surface area contributed by atoms with Crippen LogP contribution in [0, 0.1) is 0 Å². The van der Waals surface area contributed by atoms with Crippen LogP contribution in [0.4, 0.5) is 0 Å². The second-order valence-electron chi connectivity index (χ2n) is 6.47. The minimum atomic E-state index is -0.874. The number of benzene rings is 3. The third kappa shape index (κ3) is 6.36. The maximum Gasteiger partial charge on any atom is 0.307 e. The first-order chi connectivity index (χ1) is 14.0. The van der Waals surface area contributed by atoms with Gasteiger partial charge in [0.25, 0.3) is 5.91 Å². The number of carboxylic acid groups (broad SMARTS) is 1. The van der Waals surface area contributed by atoms with E-state index in [2.05, 4.69) is 5.32 Å². The van der Waals surface area contributed by atoms with E-state index in [1.54, 1.807) is 48.5 Å². The number of carbonyl (C=O) groups is 2. The molecule has 0 aromatic heterocycles. The largest absolute Gasteiger partial charge is 0.481 e. The van der Waals surface area contributed by atoms with E-state index in [-0.39, 0.29) is 12.3 Å². The van der Waals surface area contributed by atoms with Crippen molar-refractivity contribution in [2.45, 2.75) is 12.8 Å². The van der Waals surface area contributed by atoms with E-state index >= 15 is 0 Å². The van der Waals surface area contributed by atoms with Crippen LogP contribution in [0.2, 0.25) is 5.02 Å². The van der Waals surface area contributed by atoms with Crippen molar-refractivity contribution in [3.8, 4) is 11.5 Å². The lowest BCUT2D eigenvalue weighted by atomic mass is 10.1. The molecule has 0 aliphatic carbocycles. The van der Waals surface area contributed by atoms with E-state index < -0.39 is 5.97 Å². The Morgan fingerprint density at radius 2 is 1.38 bits per heavy atom. The highest BCUT2D eigenvalue weighted by atomic mass is 35.5. The van der Waals surface area contributed by atoms with Crippen molar-refractivity contribution >= 4 is 23.5 Å². The molecule has 0 unspecified atom stereocenters. The van der Waals surface area contributed by atoms with E-state index in [0.29, 0.717) is 34.2 Å². The first kappa shape index (κ1) is 20.4. The van der Waals surface area contributed by atoms with Gasteiger partial charge in [-0.3, -0.25) is 9.59 Å². The zero-order valence-electron chi connectivity index (χ0n) is 15.6. The van der Waals surface area contributed by atoms with Gasteiger partial charge in [-0.05, 0) is 66.1 Å². The van der Waals surface area contributed by atoms with E-state index in [9.17, 15) is 9.59 Å². The second-order valence-corrected chi connectivity index (χ2v) is 6.91. The molecule has 0 spiro atoms. The molecular weight excluding hydrogens is 390 g/mol. The van der Waals surface area contributed by atoms with Gasteiger partial charge in [0.2, 0.25) is 0 Å². The van der Waals surface area contributed by atoms with Crippen LogP contribution in [-0.4, -0.2) is 23.5 Å². The predicted molar refractivity (Wildman–Crippen MR) is 112 cm³/mol. The fourth-order valence-corrected chi connectivity index (χ4v) is 2.86. The molecule has 2 N–H and O–H groups in total. The second kappa shape index (κ2) is 9.75. The number of aliphatic carboxylic acids is 1. The molecule has 1 amide bonds. The van der Waals surface area contributed by atoms with Crippen molar-refractivity contribution in [3.05, 3.63) is 94.5 Å². The maximum absolute atomic E-state index is 12.3. The minimum absolute atomic E-state index is 0.0257. The highest BCUT2D eigenvalue weighted by Crippen LogP contribution is 2.22. The molecule has 3 rings (SSSR count). The lowest BCUT2D eigenvalue weighted by Crippen LogP contribution is -2.25. The Balaban J connectivity index is 1.50. The monoisotopic (exact) mass is 409 g/mol. The van der Waals surface area contributed by atoms with Gasteiger partial charge in [-0.2, -0.15) is 0 Å². The van der Waals surface area contributed by atoms with E-state index in [1.165, 1.54) is 0 Å². The molecule has 0 atom stereocenters. The average molecular weight is 410 g/mol. The standard InChI is InChI=1S/C23H20ClNO4/c24-19-7-1-16(2-8-19)13-14-25-23(28)18-5-11-21(12-6-18)29-20-9-3-17(4-10-20)15-22(26)27/h1-12H,13-15H2,(H,25,28)(H,26,27). The highest BCUT2D eigenvalue weighted by molar-refractivity contribution is 6.30. The summed E-state index contributed by atoms with van der Waals surface area (Å²) in [5, 5.41) is 12.4. The molecule has 3 aromatic carbocycles. The Labute approximate surface area is 173 Å². The Morgan fingerprint density at radius 1 is 0.828 bits per heavy atom. The number of halogens is 1. The molecule has 6 heteroatoms. The molecule has 0 saturated carbocycles. The number of hydrogen-bond acceptors (Lipinski definition) is 3. The van der Waals surface area contributed by atoms with Gasteiger partial charge < -0.3 is 15.2 Å². The molecule has 0 aliphatic rings. The number of rotatable bonds is 8. The van der Waals surface area contributed by atoms with Gasteiger partial charge in [-0.25, -0.2) is 0 Å². The lowest BCUT2D eigenvalue weighted by molar-refractivity contribution is -0.136. The molecule has 0 heterocycles. The summed E-state index contributed by atoms with van der Waals surface area (Å²) in [7, 11) is 0. The molecule has 5 nitrogen and oxygen atoms in total. The molecule has 0 fully saturated rings. The molecule has 0 radical (unpaired) electrons. The molecular formula is C23H20ClNO4. The number of carbonyl (C=O) groups excluding carboxylic acids is 1. The van der Waals surface area contributed by atoms with Gasteiger partial charge in [-0.15, -0.1) is 0 Å². The zero-order valence-corrected chi connectivity index (χ0v) is 16.4. The Kier molecular flexibility index (Phi) is 6.87. The summed E-state index contributed by atoms with van der Waals surface area (Å²) < 4.78 is 5.73. The van der Waals surface area contributed by atoms with Gasteiger partial charge in [0.1, 0.15) is 11.5 Å². The SMILES string of the molecule is O=C(O)Cc1ccc(Oc2ccc(C(=O)NCCc3ccc(Cl)cc3)cc2)cc1. The summed E-state index contributed by atoms with van der Waals surface area (Å²) in [5.74, 6) is 0.164. The number of nitrogens with one attached hydrogen (secondary N) is 1. The van der Waals surface area contributed by atoms with Gasteiger partial charge in [-0.1, -0.05) is 35.9 Å². The summed E-state index contributed by atoms with van der Waals surface area (Å²) in [6.07, 6.45) is 0.698. The molecule has 0 saturated heterocycles. The Bertz CT molecular complexity index is 967. The summed E-state index contributed by atoms with van der Waals surface area (Å²) in [5.41, 5.74) is 2.36. The van der Waals surface area contributed by atoms with Crippen molar-refractivity contribution < 1.29 is 19.4 Å². The topological polar surface area (TPSA) is 75.6 Å². The predicted octanol–water partition coefficient (Wildman–Crippen LogP) is 4.73. The quantitative estimate of drug-likeness (QED) is 0.563. The van der Waals surface area contributed by atoms with Crippen molar-refractivity contribution in [1.82, 2.24) is 5.32 Å². The summed E-state index contributed by atoms with van der Waals surface area (Å²) in [6.45, 7) is 0.529. The van der Waals surface area contributed by atoms with Crippen LogP contribution in [0.3, 0.4) is 0 Å². The summed E-state index contributed by atoms with van der Waals surface area (Å²) in [6, 6.07) is 21.2. The first-order valence-electron chi connectivity index (χ1n) is 9.11. The Morgan fingerprint density at radius 3 is 1.97 bits per heavy atom. The normalized spacial score (nSPS) is 10.4. The van der Waals surface area contributed by atoms with E-state index in [4.69, 9.17) is 21.4 Å². The third-order valence-corrected chi connectivity index (χ3v) is 4.50. The van der Waals surface area contributed by atoms with Gasteiger partial charge in [0, 0.05) is 17.1 Å². The third-order valence-electron chi connectivity index (χ3n) is 4.24. The van der Waals surface area contributed by atoms with Crippen LogP contribution in [0.15, 0.2) is 72.8 Å². The number of hydrogen-bond donors (Lipinski definition) is 2. The molecule has 29 heavy (non-hydrogen) atoms. The number of ether oxygens (including phenoxy) is 1. The molecule has 148 valence electrons. The van der Waals surface area contributed by atoms with Gasteiger partial charge in [0.05, 0.1) is 6.42 Å². The fourth-order valence-electron chi connectivity index (χ4n) is 2.73. The maximum atomic E-state index is 12.3. The number of amides is 1. The van der Waals surface area contributed by atoms with Crippen LogP contribution in [-0.2, 0) is 17.6 Å². The highest BCUT2D eigenvalue weighted by Gasteiger charge is 2.06.